The predicted octanol–water partition coefficient (Wildman–Crippen LogP) is 0.0711. The van der Waals surface area contributed by atoms with Crippen LogP contribution >= 0.6 is 0 Å². The maximum Gasteiger partial charge on any atom is 0.267 e. The molecule has 0 radical (unpaired) electrons. The van der Waals surface area contributed by atoms with Crippen LogP contribution in [-0.2, 0) is 0 Å². The van der Waals surface area contributed by atoms with E-state index in [1.165, 1.54) is 12.3 Å². The van der Waals surface area contributed by atoms with Crippen LogP contribution < -0.4 is 11.5 Å². The van der Waals surface area contributed by atoms with Crippen LogP contribution in [0.5, 0.6) is 0 Å². The minimum atomic E-state index is -0.559. The lowest BCUT2D eigenvalue weighted by Crippen LogP contribution is -2.13. The van der Waals surface area contributed by atoms with E-state index in [-0.39, 0.29) is 5.69 Å². The summed E-state index contributed by atoms with van der Waals surface area (Å²) in [7, 11) is 0. The van der Waals surface area contributed by atoms with Crippen LogP contribution in [0.2, 0.25) is 0 Å². The molecule has 0 unspecified atom stereocenters. The smallest absolute Gasteiger partial charge is 0.267 e. The number of anilines is 1. The van der Waals surface area contributed by atoms with Crippen molar-refractivity contribution < 1.29 is 4.79 Å². The molecule has 0 aromatic carbocycles. The van der Waals surface area contributed by atoms with E-state index in [9.17, 15) is 4.79 Å². The Morgan fingerprint density at radius 1 is 1.64 bits per heavy atom. The van der Waals surface area contributed by atoms with Crippen LogP contribution in [0.25, 0.3) is 0 Å². The molecule has 1 rings (SSSR count). The van der Waals surface area contributed by atoms with Gasteiger partial charge in [-0.25, -0.2) is 0 Å². The van der Waals surface area contributed by atoms with Gasteiger partial charge in [0, 0.05) is 11.9 Å². The number of pyridine rings is 1. The van der Waals surface area contributed by atoms with E-state index < -0.39 is 5.91 Å². The Morgan fingerprint density at radius 3 is 2.73 bits per heavy atom. The third kappa shape index (κ3) is 1.46. The molecule has 1 aromatic rings. The van der Waals surface area contributed by atoms with E-state index >= 15 is 0 Å². The Bertz CT molecular complexity index is 296. The number of nitrogens with two attached hydrogens (primary N) is 2. The average molecular weight is 151 g/mol. The molecule has 0 aliphatic heterocycles. The molecule has 4 nitrogen and oxygen atoms in total. The van der Waals surface area contributed by atoms with Crippen molar-refractivity contribution in [1.82, 2.24) is 4.98 Å². The van der Waals surface area contributed by atoms with E-state index in [2.05, 4.69) is 4.98 Å². The summed E-state index contributed by atoms with van der Waals surface area (Å²) in [5.74, 6) is -0.559. The van der Waals surface area contributed by atoms with Crippen LogP contribution in [0, 0.1) is 6.92 Å². The molecule has 1 heterocycles. The van der Waals surface area contributed by atoms with Crippen molar-refractivity contribution in [3.8, 4) is 0 Å². The zero-order chi connectivity index (χ0) is 8.43. The third-order valence-corrected chi connectivity index (χ3v) is 1.40. The van der Waals surface area contributed by atoms with E-state index in [1.54, 1.807) is 0 Å². The summed E-state index contributed by atoms with van der Waals surface area (Å²) in [6.07, 6.45) is 1.52. The summed E-state index contributed by atoms with van der Waals surface area (Å²) >= 11 is 0. The number of nitrogens with zero attached hydrogens (tertiary/aromatic N) is 1. The zero-order valence-corrected chi connectivity index (χ0v) is 6.16. The number of aromatic nitrogens is 1. The van der Waals surface area contributed by atoms with Crippen molar-refractivity contribution in [2.24, 2.45) is 5.73 Å². The first-order chi connectivity index (χ1) is 5.11. The molecule has 0 saturated heterocycles. The Hall–Kier alpha value is -1.58. The average Bonchev–Trinajstić information content (AvgIpc) is 1.94. The fourth-order valence-corrected chi connectivity index (χ4v) is 0.674. The minimum Gasteiger partial charge on any atom is -0.398 e. The monoisotopic (exact) mass is 151 g/mol. The fraction of sp³-hybridized carbons (Fsp3) is 0.143. The summed E-state index contributed by atoms with van der Waals surface area (Å²) in [6, 6.07) is 1.47. The van der Waals surface area contributed by atoms with Crippen molar-refractivity contribution >= 4 is 11.6 Å². The van der Waals surface area contributed by atoms with Gasteiger partial charge in [-0.2, -0.15) is 0 Å². The Labute approximate surface area is 64.2 Å². The first-order valence-corrected chi connectivity index (χ1v) is 3.13. The van der Waals surface area contributed by atoms with E-state index in [4.69, 9.17) is 11.5 Å². The lowest BCUT2D eigenvalue weighted by Gasteiger charge is -1.99. The molecule has 4 heteroatoms. The largest absolute Gasteiger partial charge is 0.398 e. The predicted molar refractivity (Wildman–Crippen MR) is 41.9 cm³/mol. The highest BCUT2D eigenvalue weighted by Crippen LogP contribution is 2.08. The highest BCUT2D eigenvalue weighted by Gasteiger charge is 2.02. The van der Waals surface area contributed by atoms with Gasteiger partial charge in [0.2, 0.25) is 0 Å². The second-order valence-electron chi connectivity index (χ2n) is 2.29. The van der Waals surface area contributed by atoms with Gasteiger partial charge in [0.05, 0.1) is 0 Å². The van der Waals surface area contributed by atoms with Gasteiger partial charge >= 0.3 is 0 Å². The molecule has 0 fully saturated rings. The van der Waals surface area contributed by atoms with Crippen molar-refractivity contribution in [2.45, 2.75) is 6.92 Å². The second kappa shape index (κ2) is 2.57. The van der Waals surface area contributed by atoms with Gasteiger partial charge in [0.1, 0.15) is 5.69 Å². The van der Waals surface area contributed by atoms with Crippen LogP contribution in [0.1, 0.15) is 16.1 Å². The van der Waals surface area contributed by atoms with E-state index in [1.807, 2.05) is 6.92 Å². The van der Waals surface area contributed by atoms with Gasteiger partial charge in [-0.3, -0.25) is 9.78 Å². The first-order valence-electron chi connectivity index (χ1n) is 3.13. The van der Waals surface area contributed by atoms with Crippen molar-refractivity contribution in [2.75, 3.05) is 5.73 Å². The second-order valence-corrected chi connectivity index (χ2v) is 2.29. The number of carbonyl (C=O) groups excluding carboxylic acids is 1. The van der Waals surface area contributed by atoms with Crippen LogP contribution in [0.15, 0.2) is 12.3 Å². The molecule has 0 saturated carbocycles. The van der Waals surface area contributed by atoms with Gasteiger partial charge in [-0.1, -0.05) is 0 Å². The third-order valence-electron chi connectivity index (χ3n) is 1.40. The fourth-order valence-electron chi connectivity index (χ4n) is 0.674. The van der Waals surface area contributed by atoms with Gasteiger partial charge < -0.3 is 11.5 Å². The maximum absolute atomic E-state index is 10.6. The molecule has 0 spiro atoms. The molecule has 4 N–H and O–H groups in total. The molecule has 11 heavy (non-hydrogen) atoms. The molecule has 0 aliphatic carbocycles. The van der Waals surface area contributed by atoms with E-state index in [0.717, 1.165) is 5.56 Å². The van der Waals surface area contributed by atoms with Gasteiger partial charge in [-0.05, 0) is 18.6 Å². The summed E-state index contributed by atoms with van der Waals surface area (Å²) in [5.41, 5.74) is 12.1. The molecular formula is C7H9N3O. The molecule has 1 aromatic heterocycles. The van der Waals surface area contributed by atoms with Crippen molar-refractivity contribution in [3.63, 3.8) is 0 Å². The lowest BCUT2D eigenvalue weighted by molar-refractivity contribution is 0.0995. The van der Waals surface area contributed by atoms with Crippen molar-refractivity contribution in [1.29, 1.82) is 0 Å². The standard InChI is InChI=1S/C7H9N3O/c1-4-3-10-6(7(9)11)2-5(4)8/h2-3H,1H3,(H2,8,10)(H2,9,11). The summed E-state index contributed by atoms with van der Waals surface area (Å²) in [5, 5.41) is 0. The molecule has 58 valence electrons. The maximum atomic E-state index is 10.6. The van der Waals surface area contributed by atoms with Gasteiger partial charge in [-0.15, -0.1) is 0 Å². The van der Waals surface area contributed by atoms with Crippen LogP contribution in [0.4, 0.5) is 5.69 Å². The number of rotatable bonds is 1. The molecular weight excluding hydrogens is 142 g/mol. The molecule has 0 bridgehead atoms. The Kier molecular flexibility index (Phi) is 1.76. The highest BCUT2D eigenvalue weighted by molar-refractivity contribution is 5.91. The number of carbonyl (C=O) groups is 1. The van der Waals surface area contributed by atoms with Crippen LogP contribution in [-0.4, -0.2) is 10.9 Å². The Morgan fingerprint density at radius 2 is 2.27 bits per heavy atom. The minimum absolute atomic E-state index is 0.202. The number of primary amides is 1. The summed E-state index contributed by atoms with van der Waals surface area (Å²) < 4.78 is 0. The quantitative estimate of drug-likeness (QED) is 0.595. The molecule has 0 atom stereocenters. The van der Waals surface area contributed by atoms with Crippen LogP contribution in [0.3, 0.4) is 0 Å². The molecule has 1 amide bonds. The SMILES string of the molecule is Cc1cnc(C(N)=O)cc1N. The first kappa shape index (κ1) is 7.53. The van der Waals surface area contributed by atoms with E-state index in [0.29, 0.717) is 5.69 Å². The number of aryl methyl sites for hydroxylation is 1. The summed E-state index contributed by atoms with van der Waals surface area (Å²) in [6.45, 7) is 1.81. The highest BCUT2D eigenvalue weighted by atomic mass is 16.1. The Balaban J connectivity index is 3.15. The lowest BCUT2D eigenvalue weighted by atomic mass is 10.2. The van der Waals surface area contributed by atoms with Crippen molar-refractivity contribution in [3.05, 3.63) is 23.5 Å². The normalized spacial score (nSPS) is 9.55. The van der Waals surface area contributed by atoms with Gasteiger partial charge in [0.25, 0.3) is 5.91 Å². The zero-order valence-electron chi connectivity index (χ0n) is 6.16. The molecule has 0 aliphatic rings. The number of nitrogen functional groups attached to an aromatic ring is 1. The summed E-state index contributed by atoms with van der Waals surface area (Å²) in [4.78, 5) is 14.4. The topological polar surface area (TPSA) is 82.0 Å². The number of hydrogen-bond acceptors (Lipinski definition) is 3. The number of hydrogen-bond donors (Lipinski definition) is 2. The number of amides is 1. The van der Waals surface area contributed by atoms with Gasteiger partial charge in [0.15, 0.2) is 0 Å².